The Kier molecular flexibility index (Phi) is 7.32. The maximum absolute atomic E-state index is 13.7. The van der Waals surface area contributed by atoms with Crippen LogP contribution in [-0.2, 0) is 20.9 Å². The molecule has 1 aromatic rings. The standard InChI is InChI=1S/C27H37N3O3/c1-19(2)17-24(30-25(31)22-11-6-7-12-23(22)26(30)32)27(33)29-14-8-13-28(15-16-29)18-21-10-5-4-9-20(21)3/h4-7,9-10,19,22-24H,8,11-18H2,1-3H3. The summed E-state index contributed by atoms with van der Waals surface area (Å²) < 4.78 is 0. The molecule has 0 radical (unpaired) electrons. The third-order valence-electron chi connectivity index (χ3n) is 7.39. The first kappa shape index (κ1) is 23.7. The maximum atomic E-state index is 13.7. The van der Waals surface area contributed by atoms with E-state index in [1.54, 1.807) is 0 Å². The van der Waals surface area contributed by atoms with Crippen molar-refractivity contribution in [2.24, 2.45) is 17.8 Å². The number of aryl methyl sites for hydroxylation is 1. The molecular formula is C27H37N3O3. The van der Waals surface area contributed by atoms with Crippen LogP contribution in [-0.4, -0.2) is 64.6 Å². The van der Waals surface area contributed by atoms with Crippen molar-refractivity contribution in [1.29, 1.82) is 0 Å². The van der Waals surface area contributed by atoms with E-state index in [4.69, 9.17) is 0 Å². The SMILES string of the molecule is Cc1ccccc1CN1CCCN(C(=O)C(CC(C)C)N2C(=O)C3CC=CCC3C2=O)CC1. The highest BCUT2D eigenvalue weighted by atomic mass is 16.2. The predicted octanol–water partition coefficient (Wildman–Crippen LogP) is 3.40. The van der Waals surface area contributed by atoms with Crippen LogP contribution < -0.4 is 0 Å². The molecule has 1 aromatic carbocycles. The molecule has 6 nitrogen and oxygen atoms in total. The van der Waals surface area contributed by atoms with Gasteiger partial charge in [0.15, 0.2) is 0 Å². The van der Waals surface area contributed by atoms with E-state index in [0.29, 0.717) is 32.4 Å². The van der Waals surface area contributed by atoms with E-state index in [9.17, 15) is 14.4 Å². The summed E-state index contributed by atoms with van der Waals surface area (Å²) in [6, 6.07) is 7.75. The molecular weight excluding hydrogens is 414 g/mol. The molecule has 2 aliphatic heterocycles. The number of fused-ring (bicyclic) bond motifs is 1. The molecule has 3 unspecified atom stereocenters. The zero-order valence-electron chi connectivity index (χ0n) is 20.2. The van der Waals surface area contributed by atoms with Crippen LogP contribution in [0.25, 0.3) is 0 Å². The fourth-order valence-corrected chi connectivity index (χ4v) is 5.48. The second-order valence-electron chi connectivity index (χ2n) is 10.2. The molecule has 0 spiro atoms. The Bertz CT molecular complexity index is 899. The number of carbonyl (C=O) groups is 3. The van der Waals surface area contributed by atoms with Crippen molar-refractivity contribution in [3.8, 4) is 0 Å². The number of allylic oxidation sites excluding steroid dienone is 2. The summed E-state index contributed by atoms with van der Waals surface area (Å²) in [5.74, 6) is -0.731. The van der Waals surface area contributed by atoms with Gasteiger partial charge >= 0.3 is 0 Å². The highest BCUT2D eigenvalue weighted by Crippen LogP contribution is 2.37. The fourth-order valence-electron chi connectivity index (χ4n) is 5.48. The third kappa shape index (κ3) is 5.06. The van der Waals surface area contributed by atoms with E-state index >= 15 is 0 Å². The van der Waals surface area contributed by atoms with Gasteiger partial charge < -0.3 is 4.90 Å². The Morgan fingerprint density at radius 3 is 2.27 bits per heavy atom. The number of imide groups is 1. The predicted molar refractivity (Wildman–Crippen MR) is 128 cm³/mol. The lowest BCUT2D eigenvalue weighted by Crippen LogP contribution is -2.52. The first-order chi connectivity index (χ1) is 15.9. The van der Waals surface area contributed by atoms with Gasteiger partial charge in [0.05, 0.1) is 11.8 Å². The van der Waals surface area contributed by atoms with Crippen molar-refractivity contribution in [2.75, 3.05) is 26.2 Å². The summed E-state index contributed by atoms with van der Waals surface area (Å²) in [5.41, 5.74) is 2.60. The molecule has 2 heterocycles. The normalized spacial score (nSPS) is 24.8. The molecule has 178 valence electrons. The number of carbonyl (C=O) groups excluding carboxylic acids is 3. The van der Waals surface area contributed by atoms with Gasteiger partial charge in [0.25, 0.3) is 0 Å². The summed E-state index contributed by atoms with van der Waals surface area (Å²) in [5, 5.41) is 0. The van der Waals surface area contributed by atoms with Crippen LogP contribution in [0, 0.1) is 24.7 Å². The van der Waals surface area contributed by atoms with Gasteiger partial charge in [0.1, 0.15) is 6.04 Å². The van der Waals surface area contributed by atoms with Gasteiger partial charge in [-0.3, -0.25) is 24.2 Å². The van der Waals surface area contributed by atoms with Gasteiger partial charge in [-0.05, 0) is 49.7 Å². The largest absolute Gasteiger partial charge is 0.340 e. The van der Waals surface area contributed by atoms with E-state index in [-0.39, 0.29) is 35.5 Å². The quantitative estimate of drug-likeness (QED) is 0.491. The average Bonchev–Trinajstić information content (AvgIpc) is 2.94. The monoisotopic (exact) mass is 451 g/mol. The molecule has 33 heavy (non-hydrogen) atoms. The van der Waals surface area contributed by atoms with Crippen molar-refractivity contribution >= 4 is 17.7 Å². The van der Waals surface area contributed by atoms with Crippen LogP contribution in [0.4, 0.5) is 0 Å². The Hall–Kier alpha value is -2.47. The Morgan fingerprint density at radius 1 is 0.970 bits per heavy atom. The number of rotatable bonds is 6. The summed E-state index contributed by atoms with van der Waals surface area (Å²) in [6.45, 7) is 10.1. The molecule has 3 atom stereocenters. The summed E-state index contributed by atoms with van der Waals surface area (Å²) in [6.07, 6.45) is 6.60. The second-order valence-corrected chi connectivity index (χ2v) is 10.2. The number of benzene rings is 1. The maximum Gasteiger partial charge on any atom is 0.245 e. The lowest BCUT2D eigenvalue weighted by molar-refractivity contribution is -0.152. The van der Waals surface area contributed by atoms with Crippen LogP contribution in [0.1, 0.15) is 50.7 Å². The van der Waals surface area contributed by atoms with Gasteiger partial charge in [0, 0.05) is 32.7 Å². The molecule has 0 bridgehead atoms. The third-order valence-corrected chi connectivity index (χ3v) is 7.39. The van der Waals surface area contributed by atoms with Crippen LogP contribution in [0.5, 0.6) is 0 Å². The molecule has 0 aromatic heterocycles. The number of hydrogen-bond acceptors (Lipinski definition) is 4. The molecule has 1 aliphatic carbocycles. The number of amides is 3. The van der Waals surface area contributed by atoms with E-state index in [2.05, 4.69) is 36.1 Å². The fraction of sp³-hybridized carbons (Fsp3) is 0.593. The lowest BCUT2D eigenvalue weighted by Gasteiger charge is -2.32. The van der Waals surface area contributed by atoms with Crippen LogP contribution >= 0.6 is 0 Å². The zero-order valence-corrected chi connectivity index (χ0v) is 20.2. The minimum Gasteiger partial charge on any atom is -0.340 e. The Balaban J connectivity index is 1.46. The number of nitrogens with zero attached hydrogens (tertiary/aromatic N) is 3. The van der Waals surface area contributed by atoms with Gasteiger partial charge in [-0.25, -0.2) is 0 Å². The van der Waals surface area contributed by atoms with Crippen LogP contribution in [0.3, 0.4) is 0 Å². The minimum absolute atomic E-state index is 0.0604. The number of hydrogen-bond donors (Lipinski definition) is 0. The smallest absolute Gasteiger partial charge is 0.245 e. The van der Waals surface area contributed by atoms with E-state index in [0.717, 1.165) is 26.1 Å². The lowest BCUT2D eigenvalue weighted by atomic mass is 9.85. The van der Waals surface area contributed by atoms with E-state index in [1.807, 2.05) is 30.9 Å². The van der Waals surface area contributed by atoms with E-state index in [1.165, 1.54) is 16.0 Å². The molecule has 3 amide bonds. The van der Waals surface area contributed by atoms with Gasteiger partial charge in [-0.2, -0.15) is 0 Å². The number of likely N-dealkylation sites (tertiary alicyclic amines) is 1. The highest BCUT2D eigenvalue weighted by molar-refractivity contribution is 6.08. The van der Waals surface area contributed by atoms with Crippen molar-refractivity contribution in [3.63, 3.8) is 0 Å². The van der Waals surface area contributed by atoms with Crippen LogP contribution in [0.15, 0.2) is 36.4 Å². The first-order valence-electron chi connectivity index (χ1n) is 12.4. The van der Waals surface area contributed by atoms with Crippen LogP contribution in [0.2, 0.25) is 0 Å². The van der Waals surface area contributed by atoms with Crippen molar-refractivity contribution in [3.05, 3.63) is 47.5 Å². The average molecular weight is 452 g/mol. The highest BCUT2D eigenvalue weighted by Gasteiger charge is 2.51. The van der Waals surface area contributed by atoms with Crippen molar-refractivity contribution < 1.29 is 14.4 Å². The van der Waals surface area contributed by atoms with Gasteiger partial charge in [0.2, 0.25) is 17.7 Å². The minimum atomic E-state index is -0.682. The second kappa shape index (κ2) is 10.2. The topological polar surface area (TPSA) is 60.9 Å². The summed E-state index contributed by atoms with van der Waals surface area (Å²) in [7, 11) is 0. The van der Waals surface area contributed by atoms with E-state index < -0.39 is 6.04 Å². The summed E-state index contributed by atoms with van der Waals surface area (Å²) in [4.78, 5) is 45.8. The van der Waals surface area contributed by atoms with Crippen molar-refractivity contribution in [2.45, 2.75) is 59.0 Å². The summed E-state index contributed by atoms with van der Waals surface area (Å²) >= 11 is 0. The molecule has 4 rings (SSSR count). The molecule has 6 heteroatoms. The molecule has 3 aliphatic rings. The zero-order chi connectivity index (χ0) is 23.5. The van der Waals surface area contributed by atoms with Crippen molar-refractivity contribution in [1.82, 2.24) is 14.7 Å². The van der Waals surface area contributed by atoms with Gasteiger partial charge in [-0.15, -0.1) is 0 Å². The molecule has 0 saturated carbocycles. The molecule has 2 saturated heterocycles. The molecule has 2 fully saturated rings. The first-order valence-corrected chi connectivity index (χ1v) is 12.4. The van der Waals surface area contributed by atoms with Gasteiger partial charge in [-0.1, -0.05) is 50.3 Å². The molecule has 0 N–H and O–H groups in total. The Morgan fingerprint density at radius 2 is 1.64 bits per heavy atom. The Labute approximate surface area is 197 Å².